The van der Waals surface area contributed by atoms with Crippen LogP contribution in [0.5, 0.6) is 0 Å². The highest BCUT2D eigenvalue weighted by Crippen LogP contribution is 2.38. The van der Waals surface area contributed by atoms with Crippen molar-refractivity contribution in [3.05, 3.63) is 94.8 Å². The minimum Gasteiger partial charge on any atom is -0.354 e. The number of alkyl halides is 3. The molecule has 1 unspecified atom stereocenters. The Labute approximate surface area is 247 Å². The molecular weight excluding hydrogens is 598 g/mol. The second-order valence-electron chi connectivity index (χ2n) is 9.42. The van der Waals surface area contributed by atoms with Gasteiger partial charge >= 0.3 is 6.18 Å². The molecular formula is C29H30ClF4N3O4S. The number of carbonyl (C=O) groups excluding carboxylic acids is 2. The number of nitrogens with one attached hydrogen (secondary N) is 1. The molecule has 0 saturated carbocycles. The van der Waals surface area contributed by atoms with E-state index in [0.717, 1.165) is 23.5 Å². The average Bonchev–Trinajstić information content (AvgIpc) is 2.95. The van der Waals surface area contributed by atoms with Crippen molar-refractivity contribution in [1.29, 1.82) is 0 Å². The standard InChI is InChI=1S/C29H30ClF4N3O4S/c1-3-4-16-35-28(39)20(2)36(18-21-10-8-9-13-26(21)31)27(38)19-37(42(40,41)23-11-6-5-7-12-23)22-14-15-25(30)24(17-22)29(32,33)34/h5-15,17,20H,3-4,16,18-19H2,1-2H3,(H,35,39). The van der Waals surface area contributed by atoms with Crippen LogP contribution < -0.4 is 9.62 Å². The molecule has 3 rings (SSSR count). The van der Waals surface area contributed by atoms with E-state index in [-0.39, 0.29) is 10.5 Å². The Morgan fingerprint density at radius 2 is 1.64 bits per heavy atom. The van der Waals surface area contributed by atoms with Crippen molar-refractivity contribution in [2.75, 3.05) is 17.4 Å². The molecule has 0 heterocycles. The molecule has 0 aliphatic heterocycles. The van der Waals surface area contributed by atoms with Crippen LogP contribution >= 0.6 is 11.6 Å². The zero-order valence-electron chi connectivity index (χ0n) is 22.9. The highest BCUT2D eigenvalue weighted by Gasteiger charge is 2.37. The fourth-order valence-corrected chi connectivity index (χ4v) is 5.71. The minimum absolute atomic E-state index is 0.0578. The van der Waals surface area contributed by atoms with Crippen molar-refractivity contribution in [3.8, 4) is 0 Å². The van der Waals surface area contributed by atoms with Gasteiger partial charge in [0.15, 0.2) is 0 Å². The highest BCUT2D eigenvalue weighted by molar-refractivity contribution is 7.92. The van der Waals surface area contributed by atoms with Crippen molar-refractivity contribution < 1.29 is 35.6 Å². The smallest absolute Gasteiger partial charge is 0.354 e. The van der Waals surface area contributed by atoms with E-state index in [1.54, 1.807) is 6.07 Å². The van der Waals surface area contributed by atoms with Crippen LogP contribution in [-0.2, 0) is 32.3 Å². The molecule has 0 aliphatic carbocycles. The van der Waals surface area contributed by atoms with E-state index < -0.39 is 69.2 Å². The zero-order valence-corrected chi connectivity index (χ0v) is 24.4. The van der Waals surface area contributed by atoms with Crippen LogP contribution in [0.2, 0.25) is 5.02 Å². The van der Waals surface area contributed by atoms with Crippen LogP contribution in [0.25, 0.3) is 0 Å². The molecule has 7 nitrogen and oxygen atoms in total. The number of unbranched alkanes of at least 4 members (excludes halogenated alkanes) is 1. The van der Waals surface area contributed by atoms with E-state index >= 15 is 0 Å². The molecule has 0 bridgehead atoms. The largest absolute Gasteiger partial charge is 0.417 e. The summed E-state index contributed by atoms with van der Waals surface area (Å²) in [5.74, 6) is -2.16. The van der Waals surface area contributed by atoms with Crippen LogP contribution in [0, 0.1) is 5.82 Å². The predicted octanol–water partition coefficient (Wildman–Crippen LogP) is 6.03. The number of rotatable bonds is 12. The number of anilines is 1. The Bertz CT molecular complexity index is 1500. The van der Waals surface area contributed by atoms with Crippen molar-refractivity contribution in [2.45, 2.75) is 50.3 Å². The number of halogens is 5. The summed E-state index contributed by atoms with van der Waals surface area (Å²) in [5.41, 5.74) is -1.72. The van der Waals surface area contributed by atoms with Crippen molar-refractivity contribution in [3.63, 3.8) is 0 Å². The van der Waals surface area contributed by atoms with Gasteiger partial charge in [-0.25, -0.2) is 12.8 Å². The minimum atomic E-state index is -4.92. The summed E-state index contributed by atoms with van der Waals surface area (Å²) in [4.78, 5) is 27.5. The van der Waals surface area contributed by atoms with Crippen molar-refractivity contribution in [1.82, 2.24) is 10.2 Å². The number of hydrogen-bond donors (Lipinski definition) is 1. The van der Waals surface area contributed by atoms with Crippen LogP contribution in [0.4, 0.5) is 23.2 Å². The van der Waals surface area contributed by atoms with E-state index in [4.69, 9.17) is 11.6 Å². The molecule has 0 aromatic heterocycles. The lowest BCUT2D eigenvalue weighted by atomic mass is 10.1. The SMILES string of the molecule is CCCCNC(=O)C(C)N(Cc1ccccc1F)C(=O)CN(c1ccc(Cl)c(C(F)(F)F)c1)S(=O)(=O)c1ccccc1. The Hall–Kier alpha value is -3.64. The third-order valence-corrected chi connectivity index (χ3v) is 8.57. The molecule has 13 heteroatoms. The summed E-state index contributed by atoms with van der Waals surface area (Å²) < 4.78 is 83.7. The molecule has 3 aromatic carbocycles. The number of sulfonamides is 1. The first-order valence-electron chi connectivity index (χ1n) is 13.0. The first kappa shape index (κ1) is 32.9. The maximum absolute atomic E-state index is 14.6. The van der Waals surface area contributed by atoms with Gasteiger partial charge in [-0.05, 0) is 49.7 Å². The van der Waals surface area contributed by atoms with Crippen molar-refractivity contribution in [2.24, 2.45) is 0 Å². The summed E-state index contributed by atoms with van der Waals surface area (Å²) in [6.45, 7) is 2.26. The van der Waals surface area contributed by atoms with Gasteiger partial charge in [0.1, 0.15) is 18.4 Å². The monoisotopic (exact) mass is 627 g/mol. The molecule has 0 spiro atoms. The number of hydrogen-bond acceptors (Lipinski definition) is 4. The fraction of sp³-hybridized carbons (Fsp3) is 0.310. The number of benzene rings is 3. The van der Waals surface area contributed by atoms with Gasteiger partial charge in [-0.3, -0.25) is 13.9 Å². The van der Waals surface area contributed by atoms with Crippen LogP contribution in [-0.4, -0.2) is 44.3 Å². The van der Waals surface area contributed by atoms with Gasteiger partial charge in [-0.15, -0.1) is 0 Å². The molecule has 3 aromatic rings. The number of carbonyl (C=O) groups is 2. The van der Waals surface area contributed by atoms with Gasteiger partial charge in [0.2, 0.25) is 11.8 Å². The first-order valence-corrected chi connectivity index (χ1v) is 14.8. The number of amides is 2. The Morgan fingerprint density at radius 3 is 2.26 bits per heavy atom. The normalized spacial score (nSPS) is 12.5. The Balaban J connectivity index is 2.09. The quantitative estimate of drug-likeness (QED) is 0.196. The Kier molecular flexibility index (Phi) is 11.0. The summed E-state index contributed by atoms with van der Waals surface area (Å²) >= 11 is 5.76. The molecule has 0 saturated heterocycles. The van der Waals surface area contributed by atoms with E-state index in [1.807, 2.05) is 6.92 Å². The fourth-order valence-electron chi connectivity index (χ4n) is 4.06. The van der Waals surface area contributed by atoms with E-state index in [2.05, 4.69) is 5.32 Å². The van der Waals surface area contributed by atoms with Gasteiger partial charge in [0, 0.05) is 18.7 Å². The van der Waals surface area contributed by atoms with Gasteiger partial charge in [-0.2, -0.15) is 13.2 Å². The molecule has 0 radical (unpaired) electrons. The van der Waals surface area contributed by atoms with Gasteiger partial charge in [0.25, 0.3) is 10.0 Å². The molecule has 1 N–H and O–H groups in total. The molecule has 0 fully saturated rings. The number of nitrogens with zero attached hydrogens (tertiary/aromatic N) is 2. The van der Waals surface area contributed by atoms with Crippen LogP contribution in [0.15, 0.2) is 77.7 Å². The summed E-state index contributed by atoms with van der Waals surface area (Å²) in [5, 5.41) is 2.03. The van der Waals surface area contributed by atoms with E-state index in [1.165, 1.54) is 55.5 Å². The molecule has 1 atom stereocenters. The third-order valence-electron chi connectivity index (χ3n) is 6.45. The Morgan fingerprint density at radius 1 is 1.00 bits per heavy atom. The zero-order chi connectivity index (χ0) is 31.1. The van der Waals surface area contributed by atoms with Crippen LogP contribution in [0.1, 0.15) is 37.8 Å². The predicted molar refractivity (Wildman–Crippen MR) is 152 cm³/mol. The lowest BCUT2D eigenvalue weighted by Gasteiger charge is -2.32. The van der Waals surface area contributed by atoms with Gasteiger partial charge in [0.05, 0.1) is 21.2 Å². The van der Waals surface area contributed by atoms with E-state index in [0.29, 0.717) is 23.3 Å². The molecule has 2 amide bonds. The van der Waals surface area contributed by atoms with E-state index in [9.17, 15) is 35.6 Å². The summed E-state index contributed by atoms with van der Waals surface area (Å²) in [7, 11) is -4.60. The lowest BCUT2D eigenvalue weighted by molar-refractivity contribution is -0.139. The highest BCUT2D eigenvalue weighted by atomic mass is 35.5. The maximum atomic E-state index is 14.6. The maximum Gasteiger partial charge on any atom is 0.417 e. The second kappa shape index (κ2) is 14.0. The topological polar surface area (TPSA) is 86.8 Å². The lowest BCUT2D eigenvalue weighted by Crippen LogP contribution is -2.51. The average molecular weight is 628 g/mol. The van der Waals surface area contributed by atoms with Gasteiger partial charge < -0.3 is 10.2 Å². The molecule has 42 heavy (non-hydrogen) atoms. The van der Waals surface area contributed by atoms with Crippen LogP contribution in [0.3, 0.4) is 0 Å². The molecule has 226 valence electrons. The summed E-state index contributed by atoms with van der Waals surface area (Å²) in [6.07, 6.45) is -3.46. The van der Waals surface area contributed by atoms with Crippen molar-refractivity contribution >= 4 is 39.1 Å². The third kappa shape index (κ3) is 8.01. The van der Waals surface area contributed by atoms with Gasteiger partial charge in [-0.1, -0.05) is 61.3 Å². The first-order chi connectivity index (χ1) is 19.8. The second-order valence-corrected chi connectivity index (χ2v) is 11.7. The summed E-state index contributed by atoms with van der Waals surface area (Å²) in [6, 6.07) is 13.7. The molecule has 0 aliphatic rings.